The maximum Gasteiger partial charge on any atom is 0.185 e. The summed E-state index contributed by atoms with van der Waals surface area (Å²) >= 11 is 0. The second-order valence-corrected chi connectivity index (χ2v) is 4.58. The summed E-state index contributed by atoms with van der Waals surface area (Å²) < 4.78 is 0.608. The number of aryl methyl sites for hydroxylation is 1. The lowest BCUT2D eigenvalue weighted by molar-refractivity contribution is -0.469. The van der Waals surface area contributed by atoms with E-state index in [4.69, 9.17) is 0 Å². The molecule has 0 amide bonds. The van der Waals surface area contributed by atoms with Gasteiger partial charge in [-0.3, -0.25) is 0 Å². The Bertz CT molecular complexity index is 665. The monoisotopic (exact) mass is 273 g/mol. The van der Waals surface area contributed by atoms with Crippen LogP contribution in [0.25, 0.3) is 0 Å². The Morgan fingerprint density at radius 1 is 1.05 bits per heavy atom. The number of hydroxylamine groups is 1. The van der Waals surface area contributed by atoms with Gasteiger partial charge in [0.1, 0.15) is 17.2 Å². The van der Waals surface area contributed by atoms with Gasteiger partial charge in [0.15, 0.2) is 12.8 Å². The van der Waals surface area contributed by atoms with Gasteiger partial charge in [0.05, 0.1) is 11.1 Å². The minimum absolute atomic E-state index is 0.0285. The molecule has 5 heteroatoms. The summed E-state index contributed by atoms with van der Waals surface area (Å²) in [6.45, 7) is 1.76. The molecule has 104 valence electrons. The quantitative estimate of drug-likeness (QED) is 0.346. The molecule has 0 fully saturated rings. The van der Waals surface area contributed by atoms with Crippen molar-refractivity contribution in [3.8, 4) is 17.2 Å². The Morgan fingerprint density at radius 3 is 2.45 bits per heavy atom. The number of phenolic OH excluding ortho intramolecular Hbond substituents is 3. The lowest BCUT2D eigenvalue weighted by Crippen LogP contribution is -2.06. The second-order valence-electron chi connectivity index (χ2n) is 4.58. The fourth-order valence-electron chi connectivity index (χ4n) is 1.82. The lowest BCUT2D eigenvalue weighted by Gasteiger charge is -2.07. The van der Waals surface area contributed by atoms with Crippen LogP contribution in [0.15, 0.2) is 36.4 Å². The molecule has 0 atom stereocenters. The van der Waals surface area contributed by atoms with Crippen LogP contribution in [-0.2, 0) is 6.54 Å². The van der Waals surface area contributed by atoms with E-state index in [1.807, 2.05) is 6.92 Å². The molecule has 0 saturated carbocycles. The molecular weight excluding hydrogens is 258 g/mol. The van der Waals surface area contributed by atoms with Crippen molar-refractivity contribution in [2.75, 3.05) is 0 Å². The molecule has 2 aromatic carbocycles. The van der Waals surface area contributed by atoms with E-state index in [1.165, 1.54) is 24.4 Å². The molecule has 0 aliphatic rings. The van der Waals surface area contributed by atoms with E-state index < -0.39 is 0 Å². The number of hydrogen-bond acceptors (Lipinski definition) is 4. The first-order valence-corrected chi connectivity index (χ1v) is 6.05. The Kier molecular flexibility index (Phi) is 3.79. The van der Waals surface area contributed by atoms with Crippen molar-refractivity contribution in [2.24, 2.45) is 0 Å². The molecule has 0 unspecified atom stereocenters. The molecule has 0 aliphatic carbocycles. The van der Waals surface area contributed by atoms with Crippen LogP contribution in [0.5, 0.6) is 17.2 Å². The highest BCUT2D eigenvalue weighted by molar-refractivity contribution is 5.80. The summed E-state index contributed by atoms with van der Waals surface area (Å²) in [4.78, 5) is 0. The molecule has 3 N–H and O–H groups in total. The molecule has 0 radical (unpaired) electrons. The molecule has 0 aliphatic heterocycles. The van der Waals surface area contributed by atoms with Crippen molar-refractivity contribution in [3.05, 3.63) is 58.3 Å². The predicted molar refractivity (Wildman–Crippen MR) is 75.1 cm³/mol. The van der Waals surface area contributed by atoms with E-state index in [0.717, 1.165) is 5.56 Å². The van der Waals surface area contributed by atoms with Gasteiger partial charge in [0.2, 0.25) is 0 Å². The molecule has 2 rings (SSSR count). The van der Waals surface area contributed by atoms with Crippen LogP contribution in [0.3, 0.4) is 0 Å². The van der Waals surface area contributed by atoms with E-state index in [1.54, 1.807) is 18.2 Å². The number of rotatable bonds is 3. The van der Waals surface area contributed by atoms with Gasteiger partial charge in [-0.25, -0.2) is 4.74 Å². The smallest absolute Gasteiger partial charge is 0.185 e. The third kappa shape index (κ3) is 3.20. The van der Waals surface area contributed by atoms with Crippen LogP contribution in [0.2, 0.25) is 0 Å². The first-order valence-electron chi connectivity index (χ1n) is 6.05. The molecule has 2 aromatic rings. The van der Waals surface area contributed by atoms with Crippen molar-refractivity contribution in [1.82, 2.24) is 0 Å². The predicted octanol–water partition coefficient (Wildman–Crippen LogP) is 2.24. The van der Waals surface area contributed by atoms with Gasteiger partial charge in [0, 0.05) is 6.07 Å². The Hall–Kier alpha value is -2.69. The first-order chi connectivity index (χ1) is 9.45. The maximum atomic E-state index is 11.8. The normalized spacial score (nSPS) is 11.6. The van der Waals surface area contributed by atoms with Crippen LogP contribution in [0.1, 0.15) is 16.7 Å². The molecule has 0 aromatic heterocycles. The SMILES string of the molecule is Cc1ccc(/C=[N+](\[O-])Cc2ccc(O)cc2O)c(O)c1. The zero-order valence-corrected chi connectivity index (χ0v) is 10.9. The third-order valence-corrected chi connectivity index (χ3v) is 2.86. The zero-order valence-electron chi connectivity index (χ0n) is 10.9. The fraction of sp³-hybridized carbons (Fsp3) is 0.133. The largest absolute Gasteiger partial charge is 0.624 e. The van der Waals surface area contributed by atoms with Crippen LogP contribution in [0, 0.1) is 12.1 Å². The maximum absolute atomic E-state index is 11.8. The molecule has 0 bridgehead atoms. The van der Waals surface area contributed by atoms with Crippen LogP contribution in [-0.4, -0.2) is 26.3 Å². The van der Waals surface area contributed by atoms with Crippen molar-refractivity contribution in [2.45, 2.75) is 13.5 Å². The summed E-state index contributed by atoms with van der Waals surface area (Å²) in [7, 11) is 0. The zero-order chi connectivity index (χ0) is 14.7. The van der Waals surface area contributed by atoms with E-state index in [0.29, 0.717) is 15.9 Å². The number of nitrogens with zero attached hydrogens (tertiary/aromatic N) is 1. The number of aromatic hydroxyl groups is 3. The Balaban J connectivity index is 2.22. The van der Waals surface area contributed by atoms with Gasteiger partial charge in [0.25, 0.3) is 0 Å². The third-order valence-electron chi connectivity index (χ3n) is 2.86. The summed E-state index contributed by atoms with van der Waals surface area (Å²) in [5, 5.41) is 40.3. The highest BCUT2D eigenvalue weighted by Crippen LogP contribution is 2.23. The summed E-state index contributed by atoms with van der Waals surface area (Å²) in [5.74, 6) is -0.183. The highest BCUT2D eigenvalue weighted by Gasteiger charge is 2.08. The van der Waals surface area contributed by atoms with Gasteiger partial charge in [-0.05, 0) is 36.8 Å². The van der Waals surface area contributed by atoms with E-state index in [2.05, 4.69) is 0 Å². The number of hydrogen-bond donors (Lipinski definition) is 3. The van der Waals surface area contributed by atoms with E-state index in [9.17, 15) is 20.5 Å². The first kappa shape index (κ1) is 13.7. The van der Waals surface area contributed by atoms with Gasteiger partial charge in [-0.15, -0.1) is 0 Å². The Morgan fingerprint density at radius 2 is 1.80 bits per heavy atom. The van der Waals surface area contributed by atoms with Crippen molar-refractivity contribution in [3.63, 3.8) is 0 Å². The van der Waals surface area contributed by atoms with Gasteiger partial charge < -0.3 is 20.5 Å². The average molecular weight is 273 g/mol. The van der Waals surface area contributed by atoms with Gasteiger partial charge >= 0.3 is 0 Å². The number of phenols is 3. The van der Waals surface area contributed by atoms with Crippen LogP contribution < -0.4 is 0 Å². The van der Waals surface area contributed by atoms with Crippen molar-refractivity contribution >= 4 is 6.21 Å². The fourth-order valence-corrected chi connectivity index (χ4v) is 1.82. The molecule has 5 nitrogen and oxygen atoms in total. The molecule has 0 saturated heterocycles. The summed E-state index contributed by atoms with van der Waals surface area (Å²) in [6.07, 6.45) is 1.25. The van der Waals surface area contributed by atoms with E-state index in [-0.39, 0.29) is 23.8 Å². The molecule has 20 heavy (non-hydrogen) atoms. The highest BCUT2D eigenvalue weighted by atomic mass is 16.5. The number of benzene rings is 2. The Labute approximate surface area is 116 Å². The second kappa shape index (κ2) is 5.52. The minimum Gasteiger partial charge on any atom is -0.624 e. The molecular formula is C15H15NO4. The van der Waals surface area contributed by atoms with Crippen LogP contribution >= 0.6 is 0 Å². The van der Waals surface area contributed by atoms with Gasteiger partial charge in [-0.1, -0.05) is 6.07 Å². The summed E-state index contributed by atoms with van der Waals surface area (Å²) in [5.41, 5.74) is 1.69. The topological polar surface area (TPSA) is 86.8 Å². The minimum atomic E-state index is -0.146. The van der Waals surface area contributed by atoms with Crippen molar-refractivity contribution in [1.29, 1.82) is 0 Å². The van der Waals surface area contributed by atoms with Crippen LogP contribution in [0.4, 0.5) is 0 Å². The standard InChI is InChI=1S/C15H15NO4/c1-10-2-3-11(14(18)6-10)8-16(20)9-12-4-5-13(17)7-15(12)19/h2-8,17-19H,9H2,1H3/b16-8-. The molecule has 0 spiro atoms. The lowest BCUT2D eigenvalue weighted by atomic mass is 10.1. The average Bonchev–Trinajstić information content (AvgIpc) is 2.36. The molecule has 0 heterocycles. The summed E-state index contributed by atoms with van der Waals surface area (Å²) in [6, 6.07) is 9.04. The van der Waals surface area contributed by atoms with E-state index >= 15 is 0 Å². The van der Waals surface area contributed by atoms with Crippen molar-refractivity contribution < 1.29 is 20.1 Å². The van der Waals surface area contributed by atoms with Gasteiger partial charge in [-0.2, -0.15) is 0 Å².